The number of anilines is 1. The zero-order valence-electron chi connectivity index (χ0n) is 20.8. The molecule has 0 saturated carbocycles. The minimum Gasteiger partial charge on any atom is -0.385 e. The van der Waals surface area contributed by atoms with Crippen molar-refractivity contribution in [2.45, 2.75) is 30.0 Å². The van der Waals surface area contributed by atoms with Gasteiger partial charge in [-0.25, -0.2) is 4.98 Å². The van der Waals surface area contributed by atoms with Gasteiger partial charge in [-0.15, -0.1) is 10.2 Å². The van der Waals surface area contributed by atoms with E-state index in [0.29, 0.717) is 40.3 Å². The molecule has 0 aliphatic heterocycles. The van der Waals surface area contributed by atoms with Crippen LogP contribution in [0.1, 0.15) is 27.9 Å². The Morgan fingerprint density at radius 3 is 2.76 bits per heavy atom. The molecule has 1 aromatic carbocycles. The average molecular weight is 548 g/mol. The number of methoxy groups -OCH3 is 1. The fraction of sp³-hybridized carbons (Fsp3) is 0.231. The van der Waals surface area contributed by atoms with E-state index in [1.165, 1.54) is 33.6 Å². The summed E-state index contributed by atoms with van der Waals surface area (Å²) in [6.45, 7) is 2.70. The van der Waals surface area contributed by atoms with Crippen LogP contribution in [0.15, 0.2) is 63.9 Å². The van der Waals surface area contributed by atoms with Gasteiger partial charge in [0.05, 0.1) is 10.9 Å². The van der Waals surface area contributed by atoms with E-state index in [2.05, 4.69) is 15.5 Å². The van der Waals surface area contributed by atoms with E-state index < -0.39 is 5.91 Å². The number of rotatable bonds is 9. The Bertz CT molecular complexity index is 1750. The highest BCUT2D eigenvalue weighted by Gasteiger charge is 2.19. The van der Waals surface area contributed by atoms with Gasteiger partial charge in [-0.3, -0.25) is 24.7 Å². The van der Waals surface area contributed by atoms with Gasteiger partial charge >= 0.3 is 0 Å². The van der Waals surface area contributed by atoms with Crippen LogP contribution in [0.25, 0.3) is 16.7 Å². The number of benzene rings is 1. The van der Waals surface area contributed by atoms with E-state index >= 15 is 0 Å². The summed E-state index contributed by atoms with van der Waals surface area (Å²) in [6.07, 6.45) is 2.23. The summed E-state index contributed by atoms with van der Waals surface area (Å²) in [5, 5.41) is 20.4. The van der Waals surface area contributed by atoms with E-state index in [1.54, 1.807) is 23.9 Å². The van der Waals surface area contributed by atoms with Crippen molar-refractivity contribution in [1.82, 2.24) is 24.1 Å². The highest BCUT2D eigenvalue weighted by molar-refractivity contribution is 8.00. The van der Waals surface area contributed by atoms with Gasteiger partial charge < -0.3 is 9.30 Å². The molecule has 10 nitrogen and oxygen atoms in total. The first-order valence-electron chi connectivity index (χ1n) is 11.9. The summed E-state index contributed by atoms with van der Waals surface area (Å²) in [7, 11) is 1.60. The van der Waals surface area contributed by atoms with Gasteiger partial charge in [-0.1, -0.05) is 59.5 Å². The number of thioether (sulfide) groups is 1. The van der Waals surface area contributed by atoms with E-state index in [4.69, 9.17) is 15.1 Å². The van der Waals surface area contributed by atoms with Gasteiger partial charge in [-0.05, 0) is 36.6 Å². The molecule has 0 aliphatic carbocycles. The second-order valence-corrected chi connectivity index (χ2v) is 10.7. The van der Waals surface area contributed by atoms with E-state index in [-0.39, 0.29) is 22.0 Å². The molecular formula is C26H25N7O3S2. The van der Waals surface area contributed by atoms with Crippen molar-refractivity contribution in [2.24, 2.45) is 0 Å². The first-order chi connectivity index (χ1) is 18.5. The topological polar surface area (TPSA) is 127 Å². The lowest BCUT2D eigenvalue weighted by atomic mass is 10.2. The number of aromatic nitrogens is 5. The SMILES string of the molecule is COCCCn1c(=N)c(C(=O)Nc2nnc(SCc3ccccc3)s2)cc2c(=O)n3cccc(C)c3nc21. The maximum atomic E-state index is 13.4. The predicted octanol–water partition coefficient (Wildman–Crippen LogP) is 3.87. The standard InChI is InChI=1S/C26H25N7O3S2/c1-16-8-6-11-33-21(16)28-22-19(24(33)35)14-18(20(27)32(22)12-7-13-36-2)23(34)29-25-30-31-26(38-25)37-15-17-9-4-3-5-10-17/h3-6,8-11,14,27H,7,12-13,15H2,1-2H3,(H,29,30,34). The number of carbonyl (C=O) groups is 1. The quantitative estimate of drug-likeness (QED) is 0.124. The Morgan fingerprint density at radius 1 is 1.16 bits per heavy atom. The first kappa shape index (κ1) is 25.8. The average Bonchev–Trinajstić information content (AvgIpc) is 3.37. The summed E-state index contributed by atoms with van der Waals surface area (Å²) >= 11 is 2.79. The fourth-order valence-corrected chi connectivity index (χ4v) is 5.76. The lowest BCUT2D eigenvalue weighted by Gasteiger charge is -2.15. The van der Waals surface area contributed by atoms with Gasteiger partial charge in [0.25, 0.3) is 11.5 Å². The van der Waals surface area contributed by atoms with Gasteiger partial charge in [0, 0.05) is 32.2 Å². The molecule has 5 rings (SSSR count). The van der Waals surface area contributed by atoms with Crippen LogP contribution in [-0.4, -0.2) is 43.8 Å². The Kier molecular flexibility index (Phi) is 7.63. The maximum Gasteiger partial charge on any atom is 0.267 e. The number of aryl methyl sites for hydroxylation is 2. The van der Waals surface area contributed by atoms with Gasteiger partial charge in [0.2, 0.25) is 5.13 Å². The number of nitrogens with zero attached hydrogens (tertiary/aromatic N) is 5. The van der Waals surface area contributed by atoms with Gasteiger partial charge in [-0.2, -0.15) is 0 Å². The van der Waals surface area contributed by atoms with Crippen LogP contribution >= 0.6 is 23.1 Å². The lowest BCUT2D eigenvalue weighted by Crippen LogP contribution is -2.32. The Morgan fingerprint density at radius 2 is 1.97 bits per heavy atom. The maximum absolute atomic E-state index is 13.4. The van der Waals surface area contributed by atoms with E-state index in [0.717, 1.165) is 16.9 Å². The van der Waals surface area contributed by atoms with Crippen LogP contribution < -0.4 is 16.4 Å². The zero-order valence-corrected chi connectivity index (χ0v) is 22.4. The largest absolute Gasteiger partial charge is 0.385 e. The summed E-state index contributed by atoms with van der Waals surface area (Å²) in [6, 6.07) is 15.1. The van der Waals surface area contributed by atoms with Crippen molar-refractivity contribution in [3.05, 3.63) is 87.3 Å². The van der Waals surface area contributed by atoms with Gasteiger partial charge in [0.1, 0.15) is 16.8 Å². The van der Waals surface area contributed by atoms with Crippen molar-refractivity contribution in [3.8, 4) is 0 Å². The monoisotopic (exact) mass is 547 g/mol. The summed E-state index contributed by atoms with van der Waals surface area (Å²) in [4.78, 5) is 31.5. The van der Waals surface area contributed by atoms with Crippen molar-refractivity contribution in [2.75, 3.05) is 19.0 Å². The Balaban J connectivity index is 1.49. The zero-order chi connectivity index (χ0) is 26.6. The minimum absolute atomic E-state index is 0.0425. The first-order valence-corrected chi connectivity index (χ1v) is 13.7. The van der Waals surface area contributed by atoms with Crippen LogP contribution in [0.4, 0.5) is 5.13 Å². The van der Waals surface area contributed by atoms with Crippen molar-refractivity contribution < 1.29 is 9.53 Å². The van der Waals surface area contributed by atoms with Crippen LogP contribution in [-0.2, 0) is 17.0 Å². The summed E-state index contributed by atoms with van der Waals surface area (Å²) in [5.41, 5.74) is 2.57. The molecule has 194 valence electrons. The number of amides is 1. The molecule has 12 heteroatoms. The minimum atomic E-state index is -0.540. The molecule has 0 fully saturated rings. The number of fused-ring (bicyclic) bond motifs is 2. The molecule has 5 aromatic rings. The molecule has 0 bridgehead atoms. The van der Waals surface area contributed by atoms with Crippen molar-refractivity contribution in [1.29, 1.82) is 5.41 Å². The Hall–Kier alpha value is -3.87. The van der Waals surface area contributed by atoms with E-state index in [9.17, 15) is 9.59 Å². The van der Waals surface area contributed by atoms with Gasteiger partial charge in [0.15, 0.2) is 4.34 Å². The predicted molar refractivity (Wildman–Crippen MR) is 148 cm³/mol. The molecule has 0 radical (unpaired) electrons. The molecule has 0 atom stereocenters. The molecule has 38 heavy (non-hydrogen) atoms. The highest BCUT2D eigenvalue weighted by atomic mass is 32.2. The third kappa shape index (κ3) is 5.23. The number of carbonyl (C=O) groups excluding carboxylic acids is 1. The smallest absolute Gasteiger partial charge is 0.267 e. The van der Waals surface area contributed by atoms with Crippen LogP contribution in [0.2, 0.25) is 0 Å². The van der Waals surface area contributed by atoms with Crippen LogP contribution in [0.3, 0.4) is 0 Å². The summed E-state index contributed by atoms with van der Waals surface area (Å²) < 4.78 is 8.95. The fourth-order valence-electron chi connectivity index (χ4n) is 4.06. The molecule has 0 unspecified atom stereocenters. The second-order valence-electron chi connectivity index (χ2n) is 8.55. The normalized spacial score (nSPS) is 11.3. The number of ether oxygens (including phenoxy) is 1. The van der Waals surface area contributed by atoms with Crippen molar-refractivity contribution >= 4 is 50.8 Å². The van der Waals surface area contributed by atoms with E-state index in [1.807, 2.05) is 43.3 Å². The number of hydrogen-bond acceptors (Lipinski definition) is 9. The molecule has 4 heterocycles. The molecular weight excluding hydrogens is 522 g/mol. The van der Waals surface area contributed by atoms with Crippen LogP contribution in [0, 0.1) is 12.3 Å². The molecule has 1 amide bonds. The molecule has 0 saturated heterocycles. The number of pyridine rings is 2. The lowest BCUT2D eigenvalue weighted by molar-refractivity contribution is 0.102. The third-order valence-electron chi connectivity index (χ3n) is 5.94. The summed E-state index contributed by atoms with van der Waals surface area (Å²) in [5.74, 6) is 0.193. The molecule has 0 aliphatic rings. The molecule has 4 aromatic heterocycles. The molecule has 2 N–H and O–H groups in total. The highest BCUT2D eigenvalue weighted by Crippen LogP contribution is 2.28. The molecule has 0 spiro atoms. The van der Waals surface area contributed by atoms with Crippen LogP contribution in [0.5, 0.6) is 0 Å². The number of hydrogen-bond donors (Lipinski definition) is 2. The number of nitrogens with one attached hydrogen (secondary N) is 2. The van der Waals surface area contributed by atoms with Crippen molar-refractivity contribution in [3.63, 3.8) is 0 Å². The Labute approximate surface area is 225 Å². The third-order valence-corrected chi connectivity index (χ3v) is 7.98. The second kappa shape index (κ2) is 11.3.